The second kappa shape index (κ2) is 12.1. The van der Waals surface area contributed by atoms with Gasteiger partial charge >= 0.3 is 6.18 Å². The Morgan fingerprint density at radius 1 is 1.09 bits per heavy atom. The van der Waals surface area contributed by atoms with Crippen molar-refractivity contribution in [1.82, 2.24) is 9.21 Å². The fourth-order valence-electron chi connectivity index (χ4n) is 3.57. The minimum atomic E-state index is -4.70. The van der Waals surface area contributed by atoms with Crippen LogP contribution in [-0.4, -0.2) is 91.2 Å². The van der Waals surface area contributed by atoms with Crippen molar-refractivity contribution in [3.05, 3.63) is 47.3 Å². The number of anilines is 1. The normalized spacial score (nSPS) is 22.1. The minimum Gasteiger partial charge on any atom is -0.395 e. The SMILES string of the molecule is CC(O)(c1ccc(N2CCN(Sc3cccs3)CC2)cc1)C(F)(F)F.CN1CCOCC1CO. The number of ether oxygens (including phenoxy) is 1. The molecule has 0 radical (unpaired) electrons. The number of benzene rings is 1. The van der Waals surface area contributed by atoms with Crippen LogP contribution in [0, 0.1) is 0 Å². The van der Waals surface area contributed by atoms with Crippen molar-refractivity contribution in [2.45, 2.75) is 29.0 Å². The van der Waals surface area contributed by atoms with Crippen LogP contribution in [0.5, 0.6) is 0 Å². The topological polar surface area (TPSA) is 59.4 Å². The number of likely N-dealkylation sites (N-methyl/N-ethyl adjacent to an activating group) is 1. The smallest absolute Gasteiger partial charge is 0.395 e. The number of piperazine rings is 1. The van der Waals surface area contributed by atoms with Gasteiger partial charge in [-0.3, -0.25) is 4.90 Å². The molecule has 2 aliphatic heterocycles. The minimum absolute atomic E-state index is 0.143. The number of halogens is 3. The van der Waals surface area contributed by atoms with Gasteiger partial charge in [-0.1, -0.05) is 18.2 Å². The van der Waals surface area contributed by atoms with Crippen LogP contribution in [-0.2, 0) is 10.3 Å². The van der Waals surface area contributed by atoms with Crippen LogP contribution in [0.25, 0.3) is 0 Å². The lowest BCUT2D eigenvalue weighted by Crippen LogP contribution is -2.44. The summed E-state index contributed by atoms with van der Waals surface area (Å²) < 4.78 is 47.4. The maximum Gasteiger partial charge on any atom is 0.421 e. The van der Waals surface area contributed by atoms with Gasteiger partial charge in [0.1, 0.15) is 0 Å². The van der Waals surface area contributed by atoms with Gasteiger partial charge in [-0.05, 0) is 55.1 Å². The van der Waals surface area contributed by atoms with Crippen LogP contribution in [0.1, 0.15) is 12.5 Å². The third-order valence-corrected chi connectivity index (χ3v) is 8.15. The van der Waals surface area contributed by atoms with E-state index < -0.39 is 11.8 Å². The highest BCUT2D eigenvalue weighted by Gasteiger charge is 2.51. The molecule has 34 heavy (non-hydrogen) atoms. The van der Waals surface area contributed by atoms with E-state index in [0.717, 1.165) is 51.9 Å². The van der Waals surface area contributed by atoms with Crippen molar-refractivity contribution in [1.29, 1.82) is 0 Å². The molecule has 2 unspecified atom stereocenters. The number of morpholine rings is 1. The summed E-state index contributed by atoms with van der Waals surface area (Å²) in [4.78, 5) is 4.26. The molecule has 0 bridgehead atoms. The first kappa shape index (κ1) is 27.3. The van der Waals surface area contributed by atoms with E-state index in [1.54, 1.807) is 35.4 Å². The Hall–Kier alpha value is -1.34. The third kappa shape index (κ3) is 7.09. The lowest BCUT2D eigenvalue weighted by atomic mass is 9.95. The average molecular weight is 520 g/mol. The Balaban J connectivity index is 0.000000302. The van der Waals surface area contributed by atoms with Crippen LogP contribution < -0.4 is 4.90 Å². The number of aliphatic hydroxyl groups is 2. The molecule has 1 aromatic heterocycles. The highest BCUT2D eigenvalue weighted by Crippen LogP contribution is 2.39. The second-order valence-corrected chi connectivity index (χ2v) is 10.8. The standard InChI is InChI=1S/C17H19F3N2OS2.C6H13NO2/c1-16(23,17(18,19)20)13-4-6-14(7-5-13)21-8-10-22(11-9-21)25-15-3-2-12-24-15;1-7-2-3-9-5-6(7)4-8/h2-7,12,23H,8-11H2,1H3;6,8H,2-5H2,1H3. The van der Waals surface area contributed by atoms with Crippen molar-refractivity contribution < 1.29 is 28.1 Å². The van der Waals surface area contributed by atoms with Crippen molar-refractivity contribution in [3.8, 4) is 0 Å². The summed E-state index contributed by atoms with van der Waals surface area (Å²) in [6.07, 6.45) is -4.70. The van der Waals surface area contributed by atoms with E-state index >= 15 is 0 Å². The number of aliphatic hydroxyl groups excluding tert-OH is 1. The predicted molar refractivity (Wildman–Crippen MR) is 130 cm³/mol. The quantitative estimate of drug-likeness (QED) is 0.585. The molecule has 2 aliphatic rings. The summed E-state index contributed by atoms with van der Waals surface area (Å²) in [7, 11) is 2.00. The van der Waals surface area contributed by atoms with Crippen LogP contribution in [0.3, 0.4) is 0 Å². The fraction of sp³-hybridized carbons (Fsp3) is 0.565. The third-order valence-electron chi connectivity index (χ3n) is 6.03. The molecule has 2 N–H and O–H groups in total. The summed E-state index contributed by atoms with van der Waals surface area (Å²) >= 11 is 3.46. The molecule has 6 nitrogen and oxygen atoms in total. The Kier molecular flexibility index (Phi) is 9.67. The number of alkyl halides is 3. The maximum absolute atomic E-state index is 12.9. The van der Waals surface area contributed by atoms with Gasteiger partial charge in [-0.25, -0.2) is 4.31 Å². The Morgan fingerprint density at radius 3 is 2.26 bits per heavy atom. The molecule has 2 atom stereocenters. The molecule has 2 aromatic rings. The molecular formula is C23H32F3N3O3S2. The maximum atomic E-state index is 12.9. The number of thiophene rings is 1. The van der Waals surface area contributed by atoms with Gasteiger partial charge in [-0.2, -0.15) is 13.2 Å². The van der Waals surface area contributed by atoms with Crippen molar-refractivity contribution in [2.24, 2.45) is 0 Å². The van der Waals surface area contributed by atoms with Gasteiger partial charge in [0.25, 0.3) is 0 Å². The second-order valence-electron chi connectivity index (χ2n) is 8.45. The lowest BCUT2D eigenvalue weighted by Gasteiger charge is -2.35. The molecule has 11 heteroatoms. The molecule has 2 saturated heterocycles. The van der Waals surface area contributed by atoms with E-state index in [-0.39, 0.29) is 18.2 Å². The van der Waals surface area contributed by atoms with Gasteiger partial charge in [-0.15, -0.1) is 11.3 Å². The summed E-state index contributed by atoms with van der Waals surface area (Å²) in [5, 5.41) is 20.5. The van der Waals surface area contributed by atoms with Crippen molar-refractivity contribution in [3.63, 3.8) is 0 Å². The predicted octanol–water partition coefficient (Wildman–Crippen LogP) is 3.66. The molecule has 0 saturated carbocycles. The average Bonchev–Trinajstić information content (AvgIpc) is 3.33. The van der Waals surface area contributed by atoms with Crippen LogP contribution in [0.2, 0.25) is 0 Å². The van der Waals surface area contributed by atoms with E-state index in [1.807, 2.05) is 13.1 Å². The number of nitrogens with zero attached hydrogens (tertiary/aromatic N) is 3. The lowest BCUT2D eigenvalue weighted by molar-refractivity contribution is -0.258. The Bertz CT molecular complexity index is 859. The van der Waals surface area contributed by atoms with E-state index in [1.165, 1.54) is 16.3 Å². The zero-order chi connectivity index (χ0) is 24.8. The Labute approximate surface area is 207 Å². The monoisotopic (exact) mass is 519 g/mol. The molecule has 3 heterocycles. The van der Waals surface area contributed by atoms with Crippen LogP contribution >= 0.6 is 23.3 Å². The molecule has 1 aromatic carbocycles. The molecule has 4 rings (SSSR count). The van der Waals surface area contributed by atoms with Gasteiger partial charge < -0.3 is 19.8 Å². The largest absolute Gasteiger partial charge is 0.421 e. The van der Waals surface area contributed by atoms with Crippen molar-refractivity contribution in [2.75, 3.05) is 64.5 Å². The first-order chi connectivity index (χ1) is 16.1. The molecule has 190 valence electrons. The molecule has 2 fully saturated rings. The molecular weight excluding hydrogens is 487 g/mol. The first-order valence-electron chi connectivity index (χ1n) is 11.1. The molecule has 0 aliphatic carbocycles. The van der Waals surface area contributed by atoms with E-state index in [2.05, 4.69) is 25.6 Å². The van der Waals surface area contributed by atoms with Gasteiger partial charge in [0, 0.05) is 38.4 Å². The summed E-state index contributed by atoms with van der Waals surface area (Å²) in [6.45, 7) is 6.78. The number of hydrogen-bond donors (Lipinski definition) is 2. The Morgan fingerprint density at radius 2 is 1.76 bits per heavy atom. The van der Waals surface area contributed by atoms with Gasteiger partial charge in [0.15, 0.2) is 5.60 Å². The highest BCUT2D eigenvalue weighted by molar-refractivity contribution is 7.98. The van der Waals surface area contributed by atoms with Crippen LogP contribution in [0.4, 0.5) is 18.9 Å². The van der Waals surface area contributed by atoms with Crippen molar-refractivity contribution >= 4 is 29.0 Å². The van der Waals surface area contributed by atoms with Gasteiger partial charge in [0.2, 0.25) is 0 Å². The summed E-state index contributed by atoms with van der Waals surface area (Å²) in [5.74, 6) is 0. The first-order valence-corrected chi connectivity index (χ1v) is 12.8. The number of hydrogen-bond acceptors (Lipinski definition) is 8. The van der Waals surface area contributed by atoms with E-state index in [4.69, 9.17) is 9.84 Å². The molecule has 0 spiro atoms. The zero-order valence-corrected chi connectivity index (χ0v) is 21.0. The summed E-state index contributed by atoms with van der Waals surface area (Å²) in [5.41, 5.74) is -2.10. The van der Waals surface area contributed by atoms with E-state index in [9.17, 15) is 18.3 Å². The highest BCUT2D eigenvalue weighted by atomic mass is 32.2. The number of rotatable bonds is 5. The van der Waals surface area contributed by atoms with E-state index in [0.29, 0.717) is 6.61 Å². The fourth-order valence-corrected chi connectivity index (χ4v) is 5.41. The zero-order valence-electron chi connectivity index (χ0n) is 19.4. The molecule has 0 amide bonds. The van der Waals surface area contributed by atoms with Gasteiger partial charge in [0.05, 0.1) is 30.1 Å². The van der Waals surface area contributed by atoms with Crippen LogP contribution in [0.15, 0.2) is 46.0 Å². The summed E-state index contributed by atoms with van der Waals surface area (Å²) in [6, 6.07) is 10.4.